The fourth-order valence-electron chi connectivity index (χ4n) is 1.45. The first-order valence-corrected chi connectivity index (χ1v) is 5.38. The summed E-state index contributed by atoms with van der Waals surface area (Å²) in [5.74, 6) is -0.154. The van der Waals surface area contributed by atoms with E-state index in [2.05, 4.69) is 5.32 Å². The zero-order valence-electron chi connectivity index (χ0n) is 9.31. The van der Waals surface area contributed by atoms with E-state index in [0.717, 1.165) is 6.42 Å². The molecule has 1 aromatic rings. The Morgan fingerprint density at radius 3 is 2.81 bits per heavy atom. The maximum absolute atomic E-state index is 11.7. The molecule has 0 fully saturated rings. The van der Waals surface area contributed by atoms with Gasteiger partial charge in [0.2, 0.25) is 0 Å². The van der Waals surface area contributed by atoms with Gasteiger partial charge in [0, 0.05) is 18.2 Å². The molecule has 0 aromatic heterocycles. The van der Waals surface area contributed by atoms with Crippen LogP contribution in [0.4, 0.5) is 0 Å². The van der Waals surface area contributed by atoms with E-state index >= 15 is 0 Å². The molecule has 0 radical (unpaired) electrons. The molecule has 0 aliphatic carbocycles. The Labute approximate surface area is 94.9 Å². The Bertz CT molecular complexity index is 352. The number of nitrogens with one attached hydrogen (secondary N) is 1. The fraction of sp³-hybridized carbons (Fsp3) is 0.417. The Morgan fingerprint density at radius 2 is 2.25 bits per heavy atom. The number of rotatable bonds is 5. The van der Waals surface area contributed by atoms with E-state index in [1.165, 1.54) is 12.1 Å². The number of carbonyl (C=O) groups is 1. The van der Waals surface area contributed by atoms with Crippen LogP contribution in [0.3, 0.4) is 0 Å². The van der Waals surface area contributed by atoms with Gasteiger partial charge in [0.1, 0.15) is 5.75 Å². The molecule has 3 N–H and O–H groups in total. The number of benzene rings is 1. The van der Waals surface area contributed by atoms with Gasteiger partial charge < -0.3 is 15.5 Å². The first kappa shape index (κ1) is 12.5. The van der Waals surface area contributed by atoms with E-state index in [-0.39, 0.29) is 24.3 Å². The van der Waals surface area contributed by atoms with Gasteiger partial charge in [0.25, 0.3) is 5.91 Å². The van der Waals surface area contributed by atoms with Crippen molar-refractivity contribution in [3.8, 4) is 5.75 Å². The van der Waals surface area contributed by atoms with Crippen molar-refractivity contribution in [2.24, 2.45) is 0 Å². The van der Waals surface area contributed by atoms with E-state index in [1.807, 2.05) is 6.92 Å². The number of phenols is 1. The molecule has 0 bridgehead atoms. The number of aliphatic hydroxyl groups excluding tert-OH is 1. The lowest BCUT2D eigenvalue weighted by Gasteiger charge is -2.15. The van der Waals surface area contributed by atoms with Crippen molar-refractivity contribution in [1.29, 1.82) is 0 Å². The molecule has 1 aromatic carbocycles. The lowest BCUT2D eigenvalue weighted by Crippen LogP contribution is -2.34. The zero-order chi connectivity index (χ0) is 12.0. The number of aliphatic hydroxyl groups is 1. The Kier molecular flexibility index (Phi) is 4.79. The molecule has 1 atom stereocenters. The molecule has 0 aliphatic heterocycles. The third kappa shape index (κ3) is 3.55. The molecular weight excluding hydrogens is 206 g/mol. The van der Waals surface area contributed by atoms with E-state index in [9.17, 15) is 9.90 Å². The summed E-state index contributed by atoms with van der Waals surface area (Å²) in [6.45, 7) is 2.00. The van der Waals surface area contributed by atoms with Crippen LogP contribution in [0.25, 0.3) is 0 Å². The smallest absolute Gasteiger partial charge is 0.251 e. The highest BCUT2D eigenvalue weighted by molar-refractivity contribution is 5.94. The molecule has 1 unspecified atom stereocenters. The number of amides is 1. The quantitative estimate of drug-likeness (QED) is 0.704. The van der Waals surface area contributed by atoms with Crippen molar-refractivity contribution in [2.45, 2.75) is 25.8 Å². The van der Waals surface area contributed by atoms with E-state index in [1.54, 1.807) is 12.1 Å². The number of phenolic OH excluding ortho intramolecular Hbond substituents is 1. The molecule has 88 valence electrons. The van der Waals surface area contributed by atoms with Crippen molar-refractivity contribution in [1.82, 2.24) is 5.32 Å². The van der Waals surface area contributed by atoms with Gasteiger partial charge in [0.05, 0.1) is 0 Å². The van der Waals surface area contributed by atoms with Gasteiger partial charge in [-0.1, -0.05) is 13.0 Å². The molecule has 0 heterocycles. The average molecular weight is 223 g/mol. The first-order valence-electron chi connectivity index (χ1n) is 5.38. The highest BCUT2D eigenvalue weighted by atomic mass is 16.3. The van der Waals surface area contributed by atoms with Gasteiger partial charge in [-0.2, -0.15) is 0 Å². The molecule has 1 amide bonds. The van der Waals surface area contributed by atoms with Gasteiger partial charge >= 0.3 is 0 Å². The predicted molar refractivity (Wildman–Crippen MR) is 61.4 cm³/mol. The third-order valence-corrected chi connectivity index (χ3v) is 2.41. The Morgan fingerprint density at radius 1 is 1.50 bits per heavy atom. The predicted octanol–water partition coefficient (Wildman–Crippen LogP) is 1.28. The standard InChI is InChI=1S/C12H17NO3/c1-2-10(6-7-14)13-12(16)9-4-3-5-11(15)8-9/h3-5,8,10,14-15H,2,6-7H2,1H3,(H,13,16). The highest BCUT2D eigenvalue weighted by Gasteiger charge is 2.11. The minimum atomic E-state index is -0.226. The summed E-state index contributed by atoms with van der Waals surface area (Å²) in [4.78, 5) is 11.7. The molecule has 16 heavy (non-hydrogen) atoms. The zero-order valence-corrected chi connectivity index (χ0v) is 9.31. The minimum Gasteiger partial charge on any atom is -0.508 e. The molecule has 0 saturated heterocycles. The maximum atomic E-state index is 11.7. The lowest BCUT2D eigenvalue weighted by atomic mass is 10.1. The van der Waals surface area contributed by atoms with Crippen molar-refractivity contribution >= 4 is 5.91 Å². The summed E-state index contributed by atoms with van der Waals surface area (Å²) in [6.07, 6.45) is 1.31. The topological polar surface area (TPSA) is 69.6 Å². The lowest BCUT2D eigenvalue weighted by molar-refractivity contribution is 0.0928. The number of hydrogen-bond donors (Lipinski definition) is 3. The monoisotopic (exact) mass is 223 g/mol. The largest absolute Gasteiger partial charge is 0.508 e. The van der Waals surface area contributed by atoms with Crippen LogP contribution in [0.1, 0.15) is 30.1 Å². The van der Waals surface area contributed by atoms with Crippen molar-refractivity contribution in [2.75, 3.05) is 6.61 Å². The Balaban J connectivity index is 2.64. The van der Waals surface area contributed by atoms with Crippen LogP contribution in [-0.4, -0.2) is 28.8 Å². The highest BCUT2D eigenvalue weighted by Crippen LogP contribution is 2.11. The summed E-state index contributed by atoms with van der Waals surface area (Å²) in [7, 11) is 0. The van der Waals surface area contributed by atoms with E-state index < -0.39 is 0 Å². The summed E-state index contributed by atoms with van der Waals surface area (Å²) in [6, 6.07) is 6.17. The summed E-state index contributed by atoms with van der Waals surface area (Å²) < 4.78 is 0. The molecule has 0 saturated carbocycles. The van der Waals surface area contributed by atoms with Crippen molar-refractivity contribution in [3.05, 3.63) is 29.8 Å². The summed E-state index contributed by atoms with van der Waals surface area (Å²) >= 11 is 0. The molecule has 0 aliphatic rings. The number of carbonyl (C=O) groups excluding carboxylic acids is 1. The second-order valence-corrected chi connectivity index (χ2v) is 3.64. The fourth-order valence-corrected chi connectivity index (χ4v) is 1.45. The second-order valence-electron chi connectivity index (χ2n) is 3.64. The summed E-state index contributed by atoms with van der Waals surface area (Å²) in [5.41, 5.74) is 0.427. The van der Waals surface area contributed by atoms with Crippen LogP contribution in [0.15, 0.2) is 24.3 Å². The Hall–Kier alpha value is -1.55. The number of hydrogen-bond acceptors (Lipinski definition) is 3. The average Bonchev–Trinajstić information content (AvgIpc) is 2.28. The van der Waals surface area contributed by atoms with Gasteiger partial charge in [-0.05, 0) is 31.0 Å². The van der Waals surface area contributed by atoms with Gasteiger partial charge in [-0.25, -0.2) is 0 Å². The summed E-state index contributed by atoms with van der Waals surface area (Å²) in [5, 5.41) is 20.8. The number of aromatic hydroxyl groups is 1. The second kappa shape index (κ2) is 6.12. The SMILES string of the molecule is CCC(CCO)NC(=O)c1cccc(O)c1. The van der Waals surface area contributed by atoms with Crippen LogP contribution in [0, 0.1) is 0 Å². The van der Waals surface area contributed by atoms with Crippen LogP contribution in [0.2, 0.25) is 0 Å². The third-order valence-electron chi connectivity index (χ3n) is 2.41. The van der Waals surface area contributed by atoms with Gasteiger partial charge in [-0.15, -0.1) is 0 Å². The molecular formula is C12H17NO3. The van der Waals surface area contributed by atoms with E-state index in [4.69, 9.17) is 5.11 Å². The molecule has 4 nitrogen and oxygen atoms in total. The van der Waals surface area contributed by atoms with Crippen molar-refractivity contribution in [3.63, 3.8) is 0 Å². The minimum absolute atomic E-state index is 0.0279. The maximum Gasteiger partial charge on any atom is 0.251 e. The van der Waals surface area contributed by atoms with Gasteiger partial charge in [-0.3, -0.25) is 4.79 Å². The van der Waals surface area contributed by atoms with Crippen molar-refractivity contribution < 1.29 is 15.0 Å². The van der Waals surface area contributed by atoms with Crippen LogP contribution in [-0.2, 0) is 0 Å². The van der Waals surface area contributed by atoms with Crippen LogP contribution in [0.5, 0.6) is 5.75 Å². The first-order chi connectivity index (χ1) is 7.67. The normalized spacial score (nSPS) is 12.1. The van der Waals surface area contributed by atoms with Gasteiger partial charge in [0.15, 0.2) is 0 Å². The van der Waals surface area contributed by atoms with Crippen LogP contribution < -0.4 is 5.32 Å². The molecule has 4 heteroatoms. The van der Waals surface area contributed by atoms with E-state index in [0.29, 0.717) is 12.0 Å². The molecule has 1 rings (SSSR count). The molecule has 0 spiro atoms. The van der Waals surface area contributed by atoms with Crippen LogP contribution >= 0.6 is 0 Å².